The number of piperazine rings is 1. The molecule has 4 aliphatic heterocycles. The standard InChI is InChI=1S/C25H34FN5O7S/c1-2-29-7-9-30(10-8-29)39(35,36)19-15-18(26)4-3-17(19)16-27-22(33)20-21(32)23(34)31-11-14-38-25(24(31)28-20)5-12-37-13-6-25/h3-4,15,23,32,34H,2,5-14,16H2,1H3,(H,27,33). The van der Waals surface area contributed by atoms with Crippen molar-refractivity contribution in [3.8, 4) is 0 Å². The number of ether oxygens (including phenoxy) is 2. The largest absolute Gasteiger partial charge is 0.506 e. The number of halogens is 1. The van der Waals surface area contributed by atoms with Gasteiger partial charge in [0, 0.05) is 65.3 Å². The van der Waals surface area contributed by atoms with Crippen LogP contribution in [0.5, 0.6) is 0 Å². The summed E-state index contributed by atoms with van der Waals surface area (Å²) in [6, 6.07) is 3.40. The van der Waals surface area contributed by atoms with Crippen LogP contribution in [-0.4, -0.2) is 115 Å². The van der Waals surface area contributed by atoms with Gasteiger partial charge in [-0.25, -0.2) is 17.8 Å². The predicted octanol–water partition coefficient (Wildman–Crippen LogP) is 0.150. The van der Waals surface area contributed by atoms with Crippen LogP contribution in [0, 0.1) is 5.82 Å². The number of likely N-dealkylation sites (N-methyl/N-ethyl adjacent to an activating group) is 1. The minimum Gasteiger partial charge on any atom is -0.506 e. The van der Waals surface area contributed by atoms with Gasteiger partial charge in [-0.05, 0) is 24.2 Å². The van der Waals surface area contributed by atoms with Crippen molar-refractivity contribution >= 4 is 21.8 Å². The molecule has 1 unspecified atom stereocenters. The summed E-state index contributed by atoms with van der Waals surface area (Å²) < 4.78 is 53.8. The van der Waals surface area contributed by atoms with E-state index in [2.05, 4.69) is 15.2 Å². The zero-order valence-corrected chi connectivity index (χ0v) is 22.6. The summed E-state index contributed by atoms with van der Waals surface area (Å²) >= 11 is 0. The number of carbonyl (C=O) groups excluding carboxylic acids is 1. The normalized spacial score (nSPS) is 24.4. The molecule has 39 heavy (non-hydrogen) atoms. The summed E-state index contributed by atoms with van der Waals surface area (Å²) in [6.07, 6.45) is -0.521. The lowest BCUT2D eigenvalue weighted by molar-refractivity contribution is -0.120. The highest BCUT2D eigenvalue weighted by molar-refractivity contribution is 7.89. The second-order valence-electron chi connectivity index (χ2n) is 9.96. The summed E-state index contributed by atoms with van der Waals surface area (Å²) in [6.45, 7) is 5.70. The molecule has 0 bridgehead atoms. The Bertz CT molecular complexity index is 1270. The number of benzene rings is 1. The lowest BCUT2D eigenvalue weighted by atomic mass is 9.89. The van der Waals surface area contributed by atoms with Gasteiger partial charge in [0.1, 0.15) is 17.3 Å². The van der Waals surface area contributed by atoms with E-state index in [1.165, 1.54) is 15.3 Å². The molecule has 3 fully saturated rings. The van der Waals surface area contributed by atoms with Crippen LogP contribution in [0.2, 0.25) is 0 Å². The van der Waals surface area contributed by atoms with E-state index in [1.807, 2.05) is 6.92 Å². The van der Waals surface area contributed by atoms with Crippen molar-refractivity contribution in [1.82, 2.24) is 19.4 Å². The van der Waals surface area contributed by atoms with E-state index in [0.717, 1.165) is 18.7 Å². The monoisotopic (exact) mass is 567 g/mol. The Morgan fingerprint density at radius 1 is 1.18 bits per heavy atom. The van der Waals surface area contributed by atoms with E-state index in [4.69, 9.17) is 9.47 Å². The molecule has 0 radical (unpaired) electrons. The topological polar surface area (TPSA) is 144 Å². The van der Waals surface area contributed by atoms with Gasteiger partial charge in [0.05, 0.1) is 11.5 Å². The minimum absolute atomic E-state index is 0.190. The van der Waals surface area contributed by atoms with Crippen LogP contribution in [0.25, 0.3) is 0 Å². The van der Waals surface area contributed by atoms with Crippen molar-refractivity contribution in [2.75, 3.05) is 59.1 Å². The maximum Gasteiger partial charge on any atom is 0.273 e. The first kappa shape index (κ1) is 27.9. The van der Waals surface area contributed by atoms with Crippen LogP contribution in [0.3, 0.4) is 0 Å². The predicted molar refractivity (Wildman–Crippen MR) is 138 cm³/mol. The van der Waals surface area contributed by atoms with Crippen LogP contribution in [0.4, 0.5) is 4.39 Å². The van der Waals surface area contributed by atoms with E-state index in [1.54, 1.807) is 0 Å². The van der Waals surface area contributed by atoms with Crippen LogP contribution in [0.1, 0.15) is 25.3 Å². The summed E-state index contributed by atoms with van der Waals surface area (Å²) in [5.74, 6) is -1.78. The maximum absolute atomic E-state index is 14.2. The summed E-state index contributed by atoms with van der Waals surface area (Å²) in [4.78, 5) is 21.0. The fraction of sp³-hybridized carbons (Fsp3) is 0.600. The number of hydrogen-bond donors (Lipinski definition) is 3. The summed E-state index contributed by atoms with van der Waals surface area (Å²) in [5.41, 5.74) is -1.04. The molecule has 12 nitrogen and oxygen atoms in total. The number of aliphatic hydroxyl groups excluding tert-OH is 2. The average molecular weight is 568 g/mol. The van der Waals surface area contributed by atoms with Crippen LogP contribution in [0.15, 0.2) is 39.5 Å². The third-order valence-electron chi connectivity index (χ3n) is 7.77. The number of carbonyl (C=O) groups is 1. The third kappa shape index (κ3) is 5.28. The lowest BCUT2D eigenvalue weighted by Gasteiger charge is -2.48. The van der Waals surface area contributed by atoms with Crippen molar-refractivity contribution in [2.24, 2.45) is 4.99 Å². The number of hydrogen-bond acceptors (Lipinski definition) is 10. The van der Waals surface area contributed by atoms with Gasteiger partial charge in [0.15, 0.2) is 17.7 Å². The Labute approximate surface area is 226 Å². The zero-order valence-electron chi connectivity index (χ0n) is 21.8. The number of sulfonamides is 1. The molecule has 5 rings (SSSR count). The smallest absolute Gasteiger partial charge is 0.273 e. The number of aliphatic hydroxyl groups is 2. The van der Waals surface area contributed by atoms with E-state index in [9.17, 15) is 27.8 Å². The van der Waals surface area contributed by atoms with E-state index in [0.29, 0.717) is 51.6 Å². The number of amidine groups is 1. The van der Waals surface area contributed by atoms with E-state index in [-0.39, 0.29) is 42.3 Å². The van der Waals surface area contributed by atoms with Crippen molar-refractivity contribution in [2.45, 2.75) is 43.0 Å². The molecule has 4 heterocycles. The molecule has 0 aromatic heterocycles. The van der Waals surface area contributed by atoms with Crippen LogP contribution >= 0.6 is 0 Å². The molecule has 3 saturated heterocycles. The molecule has 214 valence electrons. The number of rotatable bonds is 6. The lowest BCUT2D eigenvalue weighted by Crippen LogP contribution is -2.63. The van der Waals surface area contributed by atoms with Gasteiger partial charge in [-0.15, -0.1) is 0 Å². The highest BCUT2D eigenvalue weighted by Crippen LogP contribution is 2.36. The second kappa shape index (κ2) is 11.1. The zero-order chi connectivity index (χ0) is 27.8. The Morgan fingerprint density at radius 3 is 2.59 bits per heavy atom. The van der Waals surface area contributed by atoms with Gasteiger partial charge in [-0.1, -0.05) is 13.0 Å². The maximum atomic E-state index is 14.2. The number of nitrogens with one attached hydrogen (secondary N) is 1. The number of nitrogens with zero attached hydrogens (tertiary/aromatic N) is 4. The van der Waals surface area contributed by atoms with Gasteiger partial charge in [-0.3, -0.25) is 4.79 Å². The van der Waals surface area contributed by atoms with Crippen LogP contribution in [-0.2, 0) is 30.8 Å². The highest BCUT2D eigenvalue weighted by atomic mass is 32.2. The van der Waals surface area contributed by atoms with Crippen LogP contribution < -0.4 is 5.32 Å². The summed E-state index contributed by atoms with van der Waals surface area (Å²) in [7, 11) is -4.02. The number of morpholine rings is 1. The number of aliphatic imine (C=N–C) groups is 1. The molecule has 1 atom stereocenters. The number of amides is 1. The molecule has 0 aliphatic carbocycles. The fourth-order valence-electron chi connectivity index (χ4n) is 5.44. The van der Waals surface area contributed by atoms with Gasteiger partial charge in [0.25, 0.3) is 5.91 Å². The second-order valence-corrected chi connectivity index (χ2v) is 11.9. The SMILES string of the molecule is CCN1CCN(S(=O)(=O)c2cc(F)ccc2CNC(=O)C2=C(O)C(O)N3CCOC4(CCOCC4)C3=N2)CC1. The first-order chi connectivity index (χ1) is 18.7. The van der Waals surface area contributed by atoms with Gasteiger partial charge < -0.3 is 34.8 Å². The first-order valence-electron chi connectivity index (χ1n) is 13.1. The minimum atomic E-state index is -4.02. The van der Waals surface area contributed by atoms with E-state index < -0.39 is 39.3 Å². The Morgan fingerprint density at radius 2 is 1.90 bits per heavy atom. The van der Waals surface area contributed by atoms with Crippen molar-refractivity contribution < 1.29 is 37.3 Å². The van der Waals surface area contributed by atoms with Crippen molar-refractivity contribution in [3.05, 3.63) is 41.0 Å². The van der Waals surface area contributed by atoms with Gasteiger partial charge >= 0.3 is 0 Å². The Kier molecular flexibility index (Phi) is 7.95. The molecular formula is C25H34FN5O7S. The molecule has 4 aliphatic rings. The average Bonchev–Trinajstić information content (AvgIpc) is 2.95. The number of fused-ring (bicyclic) bond motifs is 2. The molecule has 3 N–H and O–H groups in total. The molecule has 14 heteroatoms. The molecular weight excluding hydrogens is 533 g/mol. The summed E-state index contributed by atoms with van der Waals surface area (Å²) in [5, 5.41) is 24.0. The Hall–Kier alpha value is -2.62. The first-order valence-corrected chi connectivity index (χ1v) is 14.6. The molecule has 1 aromatic rings. The molecule has 1 amide bonds. The molecule has 0 saturated carbocycles. The highest BCUT2D eigenvalue weighted by Gasteiger charge is 2.49. The Balaban J connectivity index is 1.37. The molecule has 1 aromatic carbocycles. The van der Waals surface area contributed by atoms with Crippen molar-refractivity contribution in [1.29, 1.82) is 0 Å². The fourth-order valence-corrected chi connectivity index (χ4v) is 7.10. The quantitative estimate of drug-likeness (QED) is 0.438. The van der Waals surface area contributed by atoms with Crippen molar-refractivity contribution in [3.63, 3.8) is 0 Å². The molecule has 1 spiro atoms. The van der Waals surface area contributed by atoms with E-state index >= 15 is 0 Å². The van der Waals surface area contributed by atoms with Gasteiger partial charge in [0.2, 0.25) is 10.0 Å². The third-order valence-corrected chi connectivity index (χ3v) is 9.75. The van der Waals surface area contributed by atoms with Gasteiger partial charge in [-0.2, -0.15) is 4.31 Å².